The monoisotopic (exact) mass is 380 g/mol. The quantitative estimate of drug-likeness (QED) is 0.591. The highest BCUT2D eigenvalue weighted by Gasteiger charge is 2.71. The van der Waals surface area contributed by atoms with Crippen LogP contribution in [0.15, 0.2) is 29.8 Å². The molecule has 0 aromatic heterocycles. The predicted octanol–water partition coefficient (Wildman–Crippen LogP) is 1.79. The molecule has 5 aliphatic heterocycles. The number of rotatable bonds is 1. The third-order valence-corrected chi connectivity index (χ3v) is 8.51. The molecular formula is C21H22N3O4-. The normalized spacial score (nSPS) is 42.2. The zero-order chi connectivity index (χ0) is 18.8. The van der Waals surface area contributed by atoms with Crippen molar-refractivity contribution in [3.8, 4) is 0 Å². The highest BCUT2D eigenvalue weighted by atomic mass is 16.8. The SMILES string of the molecule is O=C1C[C@@H]2OCC=C3CN4CC[C@]56c7cc(N([O-])O)ccc7N1[C@H]5[C@@H]2[C@H]3C[C@@H]46. The Hall–Kier alpha value is -1.93. The smallest absolute Gasteiger partial charge is 0.229 e. The number of ether oxygens (including phenoxy) is 1. The number of hydrogen-bond donors (Lipinski definition) is 1. The van der Waals surface area contributed by atoms with Crippen LogP contribution in [0.25, 0.3) is 0 Å². The zero-order valence-corrected chi connectivity index (χ0v) is 15.5. The molecule has 1 aromatic carbocycles. The van der Waals surface area contributed by atoms with E-state index in [9.17, 15) is 15.2 Å². The van der Waals surface area contributed by atoms with Crippen LogP contribution in [0.1, 0.15) is 24.8 Å². The zero-order valence-electron chi connectivity index (χ0n) is 15.5. The summed E-state index contributed by atoms with van der Waals surface area (Å²) in [7, 11) is 0. The van der Waals surface area contributed by atoms with Crippen molar-refractivity contribution in [1.82, 2.24) is 4.90 Å². The van der Waals surface area contributed by atoms with Gasteiger partial charge in [0, 0.05) is 29.6 Å². The molecule has 1 saturated carbocycles. The van der Waals surface area contributed by atoms with Gasteiger partial charge in [0.25, 0.3) is 0 Å². The summed E-state index contributed by atoms with van der Waals surface area (Å²) in [5.41, 5.74) is 3.57. The van der Waals surface area contributed by atoms with Crippen molar-refractivity contribution in [2.24, 2.45) is 11.8 Å². The van der Waals surface area contributed by atoms with Crippen molar-refractivity contribution >= 4 is 17.3 Å². The van der Waals surface area contributed by atoms with Crippen LogP contribution in [-0.4, -0.2) is 53.9 Å². The fourth-order valence-corrected chi connectivity index (χ4v) is 7.66. The lowest BCUT2D eigenvalue weighted by molar-refractivity contribution is -0.132. The molecule has 6 atom stereocenters. The van der Waals surface area contributed by atoms with Crippen LogP contribution in [0.3, 0.4) is 0 Å². The standard InChI is InChI=1S/C21H22N3O4/c25-18-9-16-19-13-8-17-21(4-5-22(17)10-11(13)3-6-28-16)14-7-12(24(26)27)1-2-15(14)23(18)20(19)21/h1-3,7,13,16-17,19-20,26H,4-6,8-10H2/q-1/t13-,16-,17+,19+,20-,21+/m0/s1. The molecule has 1 spiro atoms. The summed E-state index contributed by atoms with van der Waals surface area (Å²) in [5.74, 6) is 0.904. The van der Waals surface area contributed by atoms with E-state index in [0.29, 0.717) is 30.9 Å². The van der Waals surface area contributed by atoms with Gasteiger partial charge in [-0.3, -0.25) is 14.9 Å². The van der Waals surface area contributed by atoms with Crippen LogP contribution in [0.5, 0.6) is 0 Å². The number of benzene rings is 1. The lowest BCUT2D eigenvalue weighted by Gasteiger charge is -2.58. The predicted molar refractivity (Wildman–Crippen MR) is 101 cm³/mol. The Kier molecular flexibility index (Phi) is 2.83. The number of hydrogen-bond acceptors (Lipinski definition) is 6. The highest BCUT2D eigenvalue weighted by Crippen LogP contribution is 2.65. The molecule has 3 saturated heterocycles. The summed E-state index contributed by atoms with van der Waals surface area (Å²) < 4.78 is 6.21. The van der Waals surface area contributed by atoms with Gasteiger partial charge in [0.1, 0.15) is 0 Å². The van der Waals surface area contributed by atoms with Crippen LogP contribution in [-0.2, 0) is 14.9 Å². The number of carbonyl (C=O) groups is 1. The minimum absolute atomic E-state index is 0.0277. The molecule has 1 N–H and O–H groups in total. The molecule has 7 nitrogen and oxygen atoms in total. The van der Waals surface area contributed by atoms with Gasteiger partial charge in [-0.25, -0.2) is 0 Å². The molecule has 6 aliphatic rings. The Bertz CT molecular complexity index is 946. The van der Waals surface area contributed by atoms with Crippen LogP contribution in [0.2, 0.25) is 0 Å². The number of piperidine rings is 2. The average molecular weight is 380 g/mol. The molecule has 146 valence electrons. The average Bonchev–Trinajstić information content (AvgIpc) is 3.15. The van der Waals surface area contributed by atoms with E-state index in [1.165, 1.54) is 5.57 Å². The molecule has 7 heteroatoms. The molecular weight excluding hydrogens is 358 g/mol. The van der Waals surface area contributed by atoms with Gasteiger partial charge in [0.2, 0.25) is 5.91 Å². The topological polar surface area (TPSA) is 79.3 Å². The summed E-state index contributed by atoms with van der Waals surface area (Å²) >= 11 is 0. The second-order valence-corrected chi connectivity index (χ2v) is 9.23. The fraction of sp³-hybridized carbons (Fsp3) is 0.571. The first-order valence-electron chi connectivity index (χ1n) is 10.3. The lowest BCUT2D eigenvalue weighted by atomic mass is 9.53. The first-order valence-corrected chi connectivity index (χ1v) is 10.3. The Morgan fingerprint density at radius 1 is 1.36 bits per heavy atom. The van der Waals surface area contributed by atoms with Crippen molar-refractivity contribution in [1.29, 1.82) is 0 Å². The van der Waals surface area contributed by atoms with Gasteiger partial charge in [-0.2, -0.15) is 0 Å². The lowest BCUT2D eigenvalue weighted by Crippen LogP contribution is -2.69. The second kappa shape index (κ2) is 4.97. The van der Waals surface area contributed by atoms with Gasteiger partial charge in [0.15, 0.2) is 0 Å². The van der Waals surface area contributed by atoms with Crippen LogP contribution >= 0.6 is 0 Å². The summed E-state index contributed by atoms with van der Waals surface area (Å²) in [5, 5.41) is 21.1. The molecule has 0 radical (unpaired) electrons. The van der Waals surface area contributed by atoms with E-state index in [1.54, 1.807) is 6.07 Å². The Balaban J connectivity index is 1.51. The van der Waals surface area contributed by atoms with Gasteiger partial charge in [-0.15, -0.1) is 0 Å². The van der Waals surface area contributed by atoms with E-state index in [0.717, 1.165) is 37.2 Å². The summed E-state index contributed by atoms with van der Waals surface area (Å²) in [6.07, 6.45) is 4.74. The molecule has 4 fully saturated rings. The number of fused-ring (bicyclic) bond motifs is 2. The molecule has 28 heavy (non-hydrogen) atoms. The largest absolute Gasteiger partial charge is 0.733 e. The fourth-order valence-electron chi connectivity index (χ4n) is 7.66. The van der Waals surface area contributed by atoms with Gasteiger partial charge in [-0.05, 0) is 49.1 Å². The van der Waals surface area contributed by atoms with Gasteiger partial charge < -0.3 is 20.1 Å². The van der Waals surface area contributed by atoms with Crippen LogP contribution in [0.4, 0.5) is 11.4 Å². The molecule has 1 aliphatic carbocycles. The van der Waals surface area contributed by atoms with Crippen molar-refractivity contribution in [3.05, 3.63) is 40.6 Å². The van der Waals surface area contributed by atoms with E-state index >= 15 is 0 Å². The first-order chi connectivity index (χ1) is 13.6. The maximum Gasteiger partial charge on any atom is 0.229 e. The van der Waals surface area contributed by atoms with Crippen molar-refractivity contribution in [2.75, 3.05) is 29.8 Å². The summed E-state index contributed by atoms with van der Waals surface area (Å²) in [6.45, 7) is 2.60. The van der Waals surface area contributed by atoms with E-state index in [4.69, 9.17) is 4.74 Å². The third-order valence-electron chi connectivity index (χ3n) is 8.51. The highest BCUT2D eigenvalue weighted by molar-refractivity contribution is 5.99. The van der Waals surface area contributed by atoms with Crippen LogP contribution < -0.4 is 10.1 Å². The van der Waals surface area contributed by atoms with Gasteiger partial charge >= 0.3 is 0 Å². The van der Waals surface area contributed by atoms with E-state index in [2.05, 4.69) is 11.0 Å². The van der Waals surface area contributed by atoms with E-state index in [1.807, 2.05) is 17.0 Å². The molecule has 7 rings (SSSR count). The maximum atomic E-state index is 13.3. The minimum Gasteiger partial charge on any atom is -0.733 e. The molecule has 5 heterocycles. The number of carbonyl (C=O) groups excluding carboxylic acids is 1. The second-order valence-electron chi connectivity index (χ2n) is 9.23. The van der Waals surface area contributed by atoms with E-state index in [-0.39, 0.29) is 34.4 Å². The molecule has 0 unspecified atom stereocenters. The Labute approximate surface area is 162 Å². The van der Waals surface area contributed by atoms with E-state index < -0.39 is 0 Å². The molecule has 1 aromatic rings. The van der Waals surface area contributed by atoms with Gasteiger partial charge in [0.05, 0.1) is 30.9 Å². The first kappa shape index (κ1) is 15.9. The summed E-state index contributed by atoms with van der Waals surface area (Å²) in [6, 6.07) is 5.76. The van der Waals surface area contributed by atoms with Crippen LogP contribution in [0, 0.1) is 17.0 Å². The maximum absolute atomic E-state index is 13.3. The number of amides is 1. The summed E-state index contributed by atoms with van der Waals surface area (Å²) in [4.78, 5) is 17.9. The van der Waals surface area contributed by atoms with Crippen molar-refractivity contribution in [3.63, 3.8) is 0 Å². The Morgan fingerprint density at radius 2 is 2.25 bits per heavy atom. The Morgan fingerprint density at radius 3 is 3.11 bits per heavy atom. The minimum atomic E-state index is -0.171. The number of anilines is 2. The van der Waals surface area contributed by atoms with Crippen molar-refractivity contribution < 1.29 is 14.7 Å². The molecule has 2 bridgehead atoms. The van der Waals surface area contributed by atoms with Gasteiger partial charge in [-0.1, -0.05) is 11.6 Å². The third kappa shape index (κ3) is 1.61. The molecule has 1 amide bonds. The van der Waals surface area contributed by atoms with Crippen molar-refractivity contribution in [2.45, 2.75) is 42.9 Å². The number of nitrogens with zero attached hydrogens (tertiary/aromatic N) is 3.